The molecular weight excluding hydrogens is 309 g/mol. The van der Waals surface area contributed by atoms with Crippen LogP contribution in [0.1, 0.15) is 12.5 Å². The first-order valence-corrected chi connectivity index (χ1v) is 7.93. The van der Waals surface area contributed by atoms with Gasteiger partial charge in [0, 0.05) is 7.05 Å². The van der Waals surface area contributed by atoms with E-state index in [4.69, 9.17) is 9.47 Å². The summed E-state index contributed by atoms with van der Waals surface area (Å²) >= 11 is 0. The predicted octanol–water partition coefficient (Wildman–Crippen LogP) is 3.30. The van der Waals surface area contributed by atoms with Gasteiger partial charge >= 0.3 is 0 Å². The summed E-state index contributed by atoms with van der Waals surface area (Å²) in [6.45, 7) is 2.79. The second kappa shape index (κ2) is 8.91. The minimum Gasteiger partial charge on any atom is -0.492 e. The highest BCUT2D eigenvalue weighted by atomic mass is 19.1. The first kappa shape index (κ1) is 17.8. The van der Waals surface area contributed by atoms with Gasteiger partial charge in [-0.2, -0.15) is 0 Å². The third-order valence-electron chi connectivity index (χ3n) is 3.64. The van der Waals surface area contributed by atoms with Crippen molar-refractivity contribution in [3.63, 3.8) is 0 Å². The van der Waals surface area contributed by atoms with Gasteiger partial charge < -0.3 is 14.4 Å². The van der Waals surface area contributed by atoms with Crippen LogP contribution in [0.4, 0.5) is 4.39 Å². The molecule has 0 fully saturated rings. The minimum atomic E-state index is -0.306. The maximum absolute atomic E-state index is 12.8. The summed E-state index contributed by atoms with van der Waals surface area (Å²) in [4.78, 5) is 13.7. The van der Waals surface area contributed by atoms with E-state index in [2.05, 4.69) is 0 Å². The largest absolute Gasteiger partial charge is 0.492 e. The maximum atomic E-state index is 12.8. The first-order chi connectivity index (χ1) is 11.6. The monoisotopic (exact) mass is 331 g/mol. The van der Waals surface area contributed by atoms with Gasteiger partial charge in [-0.3, -0.25) is 4.79 Å². The molecule has 1 amide bonds. The van der Waals surface area contributed by atoms with Gasteiger partial charge in [0.15, 0.2) is 6.61 Å². The molecule has 0 heterocycles. The summed E-state index contributed by atoms with van der Waals surface area (Å²) in [5, 5.41) is 0. The van der Waals surface area contributed by atoms with E-state index in [0.717, 1.165) is 17.7 Å². The van der Waals surface area contributed by atoms with Gasteiger partial charge in [0.1, 0.15) is 23.9 Å². The Hall–Kier alpha value is -2.56. The van der Waals surface area contributed by atoms with E-state index >= 15 is 0 Å². The Morgan fingerprint density at radius 3 is 2.50 bits per heavy atom. The SMILES string of the molecule is CCc1ccccc1OCC(=O)N(C)CCOc1ccc(F)cc1. The molecule has 0 aliphatic carbocycles. The molecular formula is C19H22FNO3. The highest BCUT2D eigenvalue weighted by Gasteiger charge is 2.11. The minimum absolute atomic E-state index is 0.00986. The van der Waals surface area contributed by atoms with Gasteiger partial charge in [-0.05, 0) is 42.3 Å². The van der Waals surface area contributed by atoms with E-state index < -0.39 is 0 Å². The lowest BCUT2D eigenvalue weighted by Gasteiger charge is -2.18. The zero-order valence-electron chi connectivity index (χ0n) is 14.0. The molecule has 2 rings (SSSR count). The molecule has 0 saturated carbocycles. The van der Waals surface area contributed by atoms with Crippen molar-refractivity contribution in [2.45, 2.75) is 13.3 Å². The molecule has 0 unspecified atom stereocenters. The normalized spacial score (nSPS) is 10.3. The van der Waals surface area contributed by atoms with Crippen molar-refractivity contribution in [1.82, 2.24) is 4.90 Å². The fourth-order valence-corrected chi connectivity index (χ4v) is 2.14. The van der Waals surface area contributed by atoms with E-state index in [-0.39, 0.29) is 18.3 Å². The van der Waals surface area contributed by atoms with E-state index in [1.54, 1.807) is 24.1 Å². The van der Waals surface area contributed by atoms with Gasteiger partial charge in [0.2, 0.25) is 0 Å². The molecule has 0 N–H and O–H groups in total. The number of hydrogen-bond donors (Lipinski definition) is 0. The molecule has 5 heteroatoms. The number of ether oxygens (including phenoxy) is 2. The molecule has 0 atom stereocenters. The predicted molar refractivity (Wildman–Crippen MR) is 90.8 cm³/mol. The summed E-state index contributed by atoms with van der Waals surface area (Å²) < 4.78 is 23.9. The van der Waals surface area contributed by atoms with Crippen LogP contribution in [0.15, 0.2) is 48.5 Å². The average molecular weight is 331 g/mol. The number of nitrogens with zero attached hydrogens (tertiary/aromatic N) is 1. The Morgan fingerprint density at radius 2 is 1.79 bits per heavy atom. The van der Waals surface area contributed by atoms with Crippen LogP contribution in [0.25, 0.3) is 0 Å². The van der Waals surface area contributed by atoms with E-state index in [0.29, 0.717) is 18.9 Å². The van der Waals surface area contributed by atoms with Crippen LogP contribution in [0.5, 0.6) is 11.5 Å². The van der Waals surface area contributed by atoms with Crippen LogP contribution in [-0.2, 0) is 11.2 Å². The summed E-state index contributed by atoms with van der Waals surface area (Å²) in [5.41, 5.74) is 1.08. The van der Waals surface area contributed by atoms with Crippen molar-refractivity contribution >= 4 is 5.91 Å². The first-order valence-electron chi connectivity index (χ1n) is 7.93. The second-order valence-corrected chi connectivity index (χ2v) is 5.37. The summed E-state index contributed by atoms with van der Waals surface area (Å²) in [6, 6.07) is 13.5. The standard InChI is InChI=1S/C19H22FNO3/c1-3-15-6-4-5-7-18(15)24-14-19(22)21(2)12-13-23-17-10-8-16(20)9-11-17/h4-11H,3,12-14H2,1-2H3. The van der Waals surface area contributed by atoms with Gasteiger partial charge in [-0.1, -0.05) is 25.1 Å². The molecule has 2 aromatic rings. The van der Waals surface area contributed by atoms with Gasteiger partial charge in [0.05, 0.1) is 6.54 Å². The van der Waals surface area contributed by atoms with E-state index in [1.165, 1.54) is 12.1 Å². The topological polar surface area (TPSA) is 38.8 Å². The molecule has 0 aliphatic rings. The Morgan fingerprint density at radius 1 is 1.08 bits per heavy atom. The molecule has 0 aromatic heterocycles. The molecule has 0 bridgehead atoms. The number of rotatable bonds is 8. The fraction of sp³-hybridized carbons (Fsp3) is 0.316. The third kappa shape index (κ3) is 5.26. The summed E-state index contributed by atoms with van der Waals surface area (Å²) in [5.74, 6) is 0.887. The number of carbonyl (C=O) groups excluding carboxylic acids is 1. The molecule has 0 spiro atoms. The highest BCUT2D eigenvalue weighted by Crippen LogP contribution is 2.18. The quantitative estimate of drug-likeness (QED) is 0.745. The number of amides is 1. The summed E-state index contributed by atoms with van der Waals surface area (Å²) in [7, 11) is 1.70. The lowest BCUT2D eigenvalue weighted by atomic mass is 10.1. The van der Waals surface area contributed by atoms with Crippen LogP contribution in [0.2, 0.25) is 0 Å². The Bertz CT molecular complexity index is 658. The molecule has 0 radical (unpaired) electrons. The average Bonchev–Trinajstić information content (AvgIpc) is 2.61. The highest BCUT2D eigenvalue weighted by molar-refractivity contribution is 5.77. The van der Waals surface area contributed by atoms with Gasteiger partial charge in [0.25, 0.3) is 5.91 Å². The van der Waals surface area contributed by atoms with E-state index in [1.807, 2.05) is 31.2 Å². The van der Waals surface area contributed by atoms with Crippen molar-refractivity contribution in [3.05, 3.63) is 59.9 Å². The Labute approximate surface area is 141 Å². The second-order valence-electron chi connectivity index (χ2n) is 5.37. The van der Waals surface area contributed by atoms with Crippen molar-refractivity contribution in [3.8, 4) is 11.5 Å². The van der Waals surface area contributed by atoms with Crippen molar-refractivity contribution in [2.75, 3.05) is 26.8 Å². The molecule has 0 aliphatic heterocycles. The molecule has 24 heavy (non-hydrogen) atoms. The molecule has 128 valence electrons. The maximum Gasteiger partial charge on any atom is 0.260 e. The van der Waals surface area contributed by atoms with E-state index in [9.17, 15) is 9.18 Å². The zero-order valence-corrected chi connectivity index (χ0v) is 14.0. The van der Waals surface area contributed by atoms with Crippen molar-refractivity contribution in [1.29, 1.82) is 0 Å². The number of hydrogen-bond acceptors (Lipinski definition) is 3. The van der Waals surface area contributed by atoms with Crippen molar-refractivity contribution in [2.24, 2.45) is 0 Å². The Balaban J connectivity index is 1.74. The van der Waals surface area contributed by atoms with Crippen LogP contribution in [0.3, 0.4) is 0 Å². The molecule has 2 aromatic carbocycles. The number of para-hydroxylation sites is 1. The van der Waals surface area contributed by atoms with Crippen LogP contribution in [-0.4, -0.2) is 37.6 Å². The molecule has 4 nitrogen and oxygen atoms in total. The fourth-order valence-electron chi connectivity index (χ4n) is 2.14. The number of carbonyl (C=O) groups is 1. The third-order valence-corrected chi connectivity index (χ3v) is 3.64. The van der Waals surface area contributed by atoms with Crippen molar-refractivity contribution < 1.29 is 18.7 Å². The smallest absolute Gasteiger partial charge is 0.260 e. The number of halogens is 1. The number of likely N-dealkylation sites (N-methyl/N-ethyl adjacent to an activating group) is 1. The van der Waals surface area contributed by atoms with Crippen LogP contribution < -0.4 is 9.47 Å². The van der Waals surface area contributed by atoms with Gasteiger partial charge in [-0.25, -0.2) is 4.39 Å². The number of aryl methyl sites for hydroxylation is 1. The number of benzene rings is 2. The zero-order chi connectivity index (χ0) is 17.4. The van der Waals surface area contributed by atoms with Crippen LogP contribution >= 0.6 is 0 Å². The lowest BCUT2D eigenvalue weighted by molar-refractivity contribution is -0.132. The lowest BCUT2D eigenvalue weighted by Crippen LogP contribution is -2.34. The van der Waals surface area contributed by atoms with Gasteiger partial charge in [-0.15, -0.1) is 0 Å². The van der Waals surface area contributed by atoms with Crippen LogP contribution in [0, 0.1) is 5.82 Å². The molecule has 0 saturated heterocycles. The Kier molecular flexibility index (Phi) is 6.61. The summed E-state index contributed by atoms with van der Waals surface area (Å²) in [6.07, 6.45) is 0.853.